The van der Waals surface area contributed by atoms with Crippen LogP contribution in [0.5, 0.6) is 0 Å². The molecule has 0 aromatic heterocycles. The van der Waals surface area contributed by atoms with Crippen LogP contribution in [0.1, 0.15) is 54.9 Å². The summed E-state index contributed by atoms with van der Waals surface area (Å²) in [7, 11) is 0. The normalized spacial score (nSPS) is 14.2. The molecule has 0 heterocycles. The van der Waals surface area contributed by atoms with Crippen molar-refractivity contribution in [2.24, 2.45) is 5.41 Å². The van der Waals surface area contributed by atoms with Gasteiger partial charge in [0.05, 0.1) is 6.10 Å². The van der Waals surface area contributed by atoms with E-state index < -0.39 is 11.7 Å². The molecule has 4 heteroatoms. The van der Waals surface area contributed by atoms with Gasteiger partial charge in [0, 0.05) is 13.1 Å². The SMILES string of the molecule is CC(O)CN(CCC(C)(C)C)C(=O)OC(C)(C)C. The Morgan fingerprint density at radius 3 is 2.06 bits per heavy atom. The average Bonchev–Trinajstić information content (AvgIpc) is 2.06. The lowest BCUT2D eigenvalue weighted by molar-refractivity contribution is 0.0142. The predicted octanol–water partition coefficient (Wildman–Crippen LogP) is 3.04. The Bertz CT molecular complexity index is 261. The maximum Gasteiger partial charge on any atom is 0.410 e. The Kier molecular flexibility index (Phi) is 6.14. The second kappa shape index (κ2) is 6.41. The molecule has 1 amide bonds. The van der Waals surface area contributed by atoms with Crippen LogP contribution >= 0.6 is 0 Å². The van der Waals surface area contributed by atoms with Crippen LogP contribution in [0.2, 0.25) is 0 Å². The average molecular weight is 259 g/mol. The highest BCUT2D eigenvalue weighted by atomic mass is 16.6. The molecule has 0 aromatic carbocycles. The third kappa shape index (κ3) is 9.28. The Balaban J connectivity index is 4.53. The Morgan fingerprint density at radius 2 is 1.72 bits per heavy atom. The molecule has 0 aliphatic heterocycles. The van der Waals surface area contributed by atoms with E-state index >= 15 is 0 Å². The molecule has 1 N–H and O–H groups in total. The first kappa shape index (κ1) is 17.2. The molecule has 0 aromatic rings. The number of aliphatic hydroxyl groups is 1. The van der Waals surface area contributed by atoms with Crippen molar-refractivity contribution in [3.05, 3.63) is 0 Å². The van der Waals surface area contributed by atoms with Crippen molar-refractivity contribution in [1.29, 1.82) is 0 Å². The summed E-state index contributed by atoms with van der Waals surface area (Å²) in [5.41, 5.74) is -0.352. The first-order valence-corrected chi connectivity index (χ1v) is 6.57. The lowest BCUT2D eigenvalue weighted by Gasteiger charge is -2.30. The Morgan fingerprint density at radius 1 is 1.22 bits per heavy atom. The third-order valence-corrected chi connectivity index (χ3v) is 2.27. The van der Waals surface area contributed by atoms with Gasteiger partial charge in [-0.2, -0.15) is 0 Å². The molecule has 0 bridgehead atoms. The largest absolute Gasteiger partial charge is 0.444 e. The van der Waals surface area contributed by atoms with E-state index in [-0.39, 0.29) is 11.5 Å². The molecular formula is C14H29NO3. The van der Waals surface area contributed by atoms with Gasteiger partial charge in [-0.1, -0.05) is 20.8 Å². The van der Waals surface area contributed by atoms with Gasteiger partial charge >= 0.3 is 6.09 Å². The molecule has 0 spiro atoms. The second-order valence-electron chi connectivity index (χ2n) is 7.09. The van der Waals surface area contributed by atoms with E-state index in [9.17, 15) is 9.90 Å². The summed E-state index contributed by atoms with van der Waals surface area (Å²) in [6, 6.07) is 0. The number of rotatable bonds is 4. The molecule has 1 atom stereocenters. The van der Waals surface area contributed by atoms with Crippen LogP contribution in [-0.2, 0) is 4.74 Å². The van der Waals surface area contributed by atoms with Gasteiger partial charge in [0.15, 0.2) is 0 Å². The topological polar surface area (TPSA) is 49.8 Å². The Hall–Kier alpha value is -0.770. The quantitative estimate of drug-likeness (QED) is 0.844. The molecule has 0 aliphatic carbocycles. The minimum absolute atomic E-state index is 0.152. The van der Waals surface area contributed by atoms with E-state index in [2.05, 4.69) is 20.8 Å². The molecule has 4 nitrogen and oxygen atoms in total. The van der Waals surface area contributed by atoms with Crippen LogP contribution < -0.4 is 0 Å². The van der Waals surface area contributed by atoms with Crippen LogP contribution in [0.4, 0.5) is 4.79 Å². The summed E-state index contributed by atoms with van der Waals surface area (Å²) in [6.45, 7) is 14.5. The second-order valence-corrected chi connectivity index (χ2v) is 7.09. The van der Waals surface area contributed by atoms with Crippen LogP contribution in [0.15, 0.2) is 0 Å². The highest BCUT2D eigenvalue weighted by Gasteiger charge is 2.24. The van der Waals surface area contributed by atoms with Gasteiger partial charge in [-0.25, -0.2) is 4.79 Å². The maximum absolute atomic E-state index is 12.0. The zero-order valence-electron chi connectivity index (χ0n) is 12.9. The van der Waals surface area contributed by atoms with E-state index in [1.807, 2.05) is 20.8 Å². The fraction of sp³-hybridized carbons (Fsp3) is 0.929. The number of amides is 1. The number of nitrogens with zero attached hydrogens (tertiary/aromatic N) is 1. The highest BCUT2D eigenvalue weighted by molar-refractivity contribution is 5.68. The van der Waals surface area contributed by atoms with Crippen molar-refractivity contribution in [3.8, 4) is 0 Å². The number of hydrogen-bond acceptors (Lipinski definition) is 3. The van der Waals surface area contributed by atoms with Gasteiger partial charge in [-0.3, -0.25) is 0 Å². The summed E-state index contributed by atoms with van der Waals surface area (Å²) in [6.07, 6.45) is -0.0241. The fourth-order valence-electron chi connectivity index (χ4n) is 1.37. The molecule has 0 rings (SSSR count). The third-order valence-electron chi connectivity index (χ3n) is 2.27. The van der Waals surface area contributed by atoms with Gasteiger partial charge in [-0.05, 0) is 39.5 Å². The molecular weight excluding hydrogens is 230 g/mol. The smallest absolute Gasteiger partial charge is 0.410 e. The first-order chi connectivity index (χ1) is 7.91. The number of hydrogen-bond donors (Lipinski definition) is 1. The lowest BCUT2D eigenvalue weighted by Crippen LogP contribution is -2.41. The monoisotopic (exact) mass is 259 g/mol. The van der Waals surface area contributed by atoms with E-state index in [1.165, 1.54) is 0 Å². The summed E-state index contributed by atoms with van der Waals surface area (Å²) in [5, 5.41) is 9.45. The molecule has 18 heavy (non-hydrogen) atoms. The highest BCUT2D eigenvalue weighted by Crippen LogP contribution is 2.20. The number of aliphatic hydroxyl groups excluding tert-OH is 1. The van der Waals surface area contributed by atoms with Gasteiger partial charge in [0.1, 0.15) is 5.60 Å². The lowest BCUT2D eigenvalue weighted by atomic mass is 9.92. The first-order valence-electron chi connectivity index (χ1n) is 6.57. The minimum Gasteiger partial charge on any atom is -0.444 e. The van der Waals surface area contributed by atoms with Crippen LogP contribution in [0.3, 0.4) is 0 Å². The van der Waals surface area contributed by atoms with Gasteiger partial charge in [-0.15, -0.1) is 0 Å². The maximum atomic E-state index is 12.0. The van der Waals surface area contributed by atoms with E-state index in [0.29, 0.717) is 13.1 Å². The number of carbonyl (C=O) groups excluding carboxylic acids is 1. The van der Waals surface area contributed by atoms with Crippen LogP contribution in [0.25, 0.3) is 0 Å². The van der Waals surface area contributed by atoms with Crippen LogP contribution in [-0.4, -0.2) is 40.9 Å². The summed E-state index contributed by atoms with van der Waals surface area (Å²) >= 11 is 0. The molecule has 0 aliphatic rings. The summed E-state index contributed by atoms with van der Waals surface area (Å²) in [4.78, 5) is 13.6. The predicted molar refractivity (Wildman–Crippen MR) is 73.6 cm³/mol. The van der Waals surface area contributed by atoms with Crippen molar-refractivity contribution >= 4 is 6.09 Å². The van der Waals surface area contributed by atoms with Crippen molar-refractivity contribution in [1.82, 2.24) is 4.90 Å². The van der Waals surface area contributed by atoms with Crippen molar-refractivity contribution in [2.75, 3.05) is 13.1 Å². The number of ether oxygens (including phenoxy) is 1. The molecule has 108 valence electrons. The molecule has 0 radical (unpaired) electrons. The summed E-state index contributed by atoms with van der Waals surface area (Å²) in [5.74, 6) is 0. The van der Waals surface area contributed by atoms with E-state index in [0.717, 1.165) is 6.42 Å². The van der Waals surface area contributed by atoms with Crippen molar-refractivity contribution in [2.45, 2.75) is 66.6 Å². The minimum atomic E-state index is -0.544. The van der Waals surface area contributed by atoms with E-state index in [4.69, 9.17) is 4.74 Å². The van der Waals surface area contributed by atoms with Crippen LogP contribution in [0, 0.1) is 5.41 Å². The summed E-state index contributed by atoms with van der Waals surface area (Å²) < 4.78 is 5.34. The van der Waals surface area contributed by atoms with Crippen molar-refractivity contribution in [3.63, 3.8) is 0 Å². The molecule has 0 saturated heterocycles. The van der Waals surface area contributed by atoms with Crippen molar-refractivity contribution < 1.29 is 14.6 Å². The zero-order chi connectivity index (χ0) is 14.6. The molecule has 0 saturated carbocycles. The van der Waals surface area contributed by atoms with Gasteiger partial charge in [0.25, 0.3) is 0 Å². The van der Waals surface area contributed by atoms with Gasteiger partial charge in [0.2, 0.25) is 0 Å². The standard InChI is InChI=1S/C14H29NO3/c1-11(16)10-15(9-8-13(2,3)4)12(17)18-14(5,6)7/h11,16H,8-10H2,1-7H3. The number of carbonyl (C=O) groups is 1. The van der Waals surface area contributed by atoms with E-state index in [1.54, 1.807) is 11.8 Å². The fourth-order valence-corrected chi connectivity index (χ4v) is 1.37. The zero-order valence-corrected chi connectivity index (χ0v) is 12.9. The molecule has 1 unspecified atom stereocenters. The van der Waals surface area contributed by atoms with Gasteiger partial charge < -0.3 is 14.7 Å². The Labute approximate surface area is 111 Å². The molecule has 0 fully saturated rings.